The predicted molar refractivity (Wildman–Crippen MR) is 81.4 cm³/mol. The van der Waals surface area contributed by atoms with Gasteiger partial charge in [0, 0.05) is 32.7 Å². The molecule has 1 atom stereocenters. The van der Waals surface area contributed by atoms with E-state index in [2.05, 4.69) is 17.1 Å². The van der Waals surface area contributed by atoms with Crippen molar-refractivity contribution in [2.24, 2.45) is 5.92 Å². The number of benzene rings is 1. The molecule has 0 aliphatic carbocycles. The molecule has 1 aromatic rings. The van der Waals surface area contributed by atoms with Crippen LogP contribution >= 0.6 is 0 Å². The highest BCUT2D eigenvalue weighted by Gasteiger charge is 2.24. The van der Waals surface area contributed by atoms with Crippen LogP contribution in [0.4, 0.5) is 0 Å². The molecule has 1 saturated heterocycles. The number of aliphatic carboxylic acids is 1. The third-order valence-electron chi connectivity index (χ3n) is 4.22. The van der Waals surface area contributed by atoms with Crippen LogP contribution < -0.4 is 14.8 Å². The van der Waals surface area contributed by atoms with E-state index < -0.39 is 5.97 Å². The van der Waals surface area contributed by atoms with Crippen LogP contribution in [0, 0.1) is 12.8 Å². The maximum atomic E-state index is 11.3. The number of fused-ring (bicyclic) bond motifs is 1. The van der Waals surface area contributed by atoms with E-state index in [0.29, 0.717) is 26.3 Å². The third kappa shape index (κ3) is 3.34. The van der Waals surface area contributed by atoms with Crippen LogP contribution in [0.5, 0.6) is 11.5 Å². The fraction of sp³-hybridized carbons (Fsp3) is 0.562. The lowest BCUT2D eigenvalue weighted by Crippen LogP contribution is -2.33. The van der Waals surface area contributed by atoms with E-state index in [9.17, 15) is 9.90 Å². The molecule has 0 amide bonds. The van der Waals surface area contributed by atoms with Gasteiger partial charge < -0.3 is 19.9 Å². The summed E-state index contributed by atoms with van der Waals surface area (Å²) in [5, 5.41) is 12.4. The first-order valence-corrected chi connectivity index (χ1v) is 7.68. The molecule has 2 aliphatic rings. The molecule has 22 heavy (non-hydrogen) atoms. The Labute approximate surface area is 130 Å². The quantitative estimate of drug-likeness (QED) is 0.863. The molecule has 2 heterocycles. The Balaban J connectivity index is 1.75. The van der Waals surface area contributed by atoms with Gasteiger partial charge in [-0.25, -0.2) is 0 Å². The van der Waals surface area contributed by atoms with Crippen molar-refractivity contribution in [1.29, 1.82) is 0 Å². The topological polar surface area (TPSA) is 71.0 Å². The molecule has 1 fully saturated rings. The molecule has 0 radical (unpaired) electrons. The van der Waals surface area contributed by atoms with Gasteiger partial charge in [0.05, 0.1) is 5.92 Å². The van der Waals surface area contributed by atoms with Gasteiger partial charge in [0.2, 0.25) is 0 Å². The number of carboxylic acid groups (broad SMARTS) is 1. The fourth-order valence-corrected chi connectivity index (χ4v) is 2.93. The first-order chi connectivity index (χ1) is 10.6. The number of hydrogen-bond acceptors (Lipinski definition) is 5. The Bertz CT molecular complexity index is 561. The first-order valence-electron chi connectivity index (χ1n) is 7.68. The molecule has 0 spiro atoms. The molecule has 6 nitrogen and oxygen atoms in total. The number of nitrogens with zero attached hydrogens (tertiary/aromatic N) is 1. The van der Waals surface area contributed by atoms with Gasteiger partial charge in [-0.15, -0.1) is 0 Å². The highest BCUT2D eigenvalue weighted by atomic mass is 16.6. The van der Waals surface area contributed by atoms with Crippen molar-refractivity contribution < 1.29 is 19.4 Å². The normalized spacial score (nSPS) is 22.1. The second kappa shape index (κ2) is 6.54. The van der Waals surface area contributed by atoms with Crippen molar-refractivity contribution in [1.82, 2.24) is 10.2 Å². The van der Waals surface area contributed by atoms with Crippen LogP contribution in [0.1, 0.15) is 11.1 Å². The van der Waals surface area contributed by atoms with Gasteiger partial charge in [-0.2, -0.15) is 0 Å². The predicted octanol–water partition coefficient (Wildman–Crippen LogP) is 0.872. The van der Waals surface area contributed by atoms with Crippen molar-refractivity contribution in [2.75, 3.05) is 39.4 Å². The Morgan fingerprint density at radius 1 is 1.36 bits per heavy atom. The van der Waals surface area contributed by atoms with Gasteiger partial charge in [-0.1, -0.05) is 0 Å². The molecule has 0 unspecified atom stereocenters. The van der Waals surface area contributed by atoms with E-state index in [-0.39, 0.29) is 5.92 Å². The number of carboxylic acids is 1. The molecule has 3 rings (SSSR count). The van der Waals surface area contributed by atoms with E-state index in [4.69, 9.17) is 9.47 Å². The highest BCUT2D eigenvalue weighted by molar-refractivity contribution is 5.70. The van der Waals surface area contributed by atoms with Crippen molar-refractivity contribution in [2.45, 2.75) is 13.5 Å². The zero-order chi connectivity index (χ0) is 15.5. The summed E-state index contributed by atoms with van der Waals surface area (Å²) in [7, 11) is 0. The number of hydrogen-bond donors (Lipinski definition) is 2. The van der Waals surface area contributed by atoms with Crippen LogP contribution in [0.15, 0.2) is 12.1 Å². The van der Waals surface area contributed by atoms with Crippen molar-refractivity contribution in [3.63, 3.8) is 0 Å². The lowest BCUT2D eigenvalue weighted by molar-refractivity contribution is -0.142. The molecule has 0 saturated carbocycles. The van der Waals surface area contributed by atoms with E-state index in [0.717, 1.165) is 42.3 Å². The van der Waals surface area contributed by atoms with Crippen LogP contribution in [-0.2, 0) is 11.3 Å². The van der Waals surface area contributed by atoms with Gasteiger partial charge in [0.1, 0.15) is 13.2 Å². The molecule has 1 aromatic carbocycles. The fourth-order valence-electron chi connectivity index (χ4n) is 2.93. The highest BCUT2D eigenvalue weighted by Crippen LogP contribution is 2.33. The van der Waals surface area contributed by atoms with Crippen LogP contribution in [-0.4, -0.2) is 55.4 Å². The Hall–Kier alpha value is -1.79. The van der Waals surface area contributed by atoms with Gasteiger partial charge in [0.25, 0.3) is 0 Å². The Morgan fingerprint density at radius 2 is 2.09 bits per heavy atom. The molecule has 2 aliphatic heterocycles. The van der Waals surface area contributed by atoms with Gasteiger partial charge in [-0.3, -0.25) is 9.69 Å². The van der Waals surface area contributed by atoms with Crippen LogP contribution in [0.25, 0.3) is 0 Å². The zero-order valence-electron chi connectivity index (χ0n) is 12.8. The third-order valence-corrected chi connectivity index (χ3v) is 4.22. The summed E-state index contributed by atoms with van der Waals surface area (Å²) < 4.78 is 11.2. The average molecular weight is 306 g/mol. The molecular formula is C16H22N2O4. The minimum Gasteiger partial charge on any atom is -0.486 e. The summed E-state index contributed by atoms with van der Waals surface area (Å²) in [6.45, 7) is 6.70. The summed E-state index contributed by atoms with van der Waals surface area (Å²) in [4.78, 5) is 13.5. The minimum absolute atomic E-state index is 0.361. The van der Waals surface area contributed by atoms with Crippen LogP contribution in [0.3, 0.4) is 0 Å². The van der Waals surface area contributed by atoms with Crippen molar-refractivity contribution in [3.8, 4) is 11.5 Å². The number of aryl methyl sites for hydroxylation is 1. The summed E-state index contributed by atoms with van der Waals surface area (Å²) in [5.74, 6) is 0.487. The molecule has 6 heteroatoms. The first kappa shape index (κ1) is 15.1. The maximum absolute atomic E-state index is 11.3. The van der Waals surface area contributed by atoms with Gasteiger partial charge in [-0.05, 0) is 30.2 Å². The average Bonchev–Trinajstić information content (AvgIpc) is 2.74. The lowest BCUT2D eigenvalue weighted by atomic mass is 10.1. The van der Waals surface area contributed by atoms with E-state index in [1.165, 1.54) is 0 Å². The molecule has 120 valence electrons. The lowest BCUT2D eigenvalue weighted by Gasteiger charge is -2.25. The summed E-state index contributed by atoms with van der Waals surface area (Å²) in [6, 6.07) is 4.03. The summed E-state index contributed by atoms with van der Waals surface area (Å²) >= 11 is 0. The number of rotatable bonds is 3. The molecule has 0 aromatic heterocycles. The summed E-state index contributed by atoms with van der Waals surface area (Å²) in [5.41, 5.74) is 2.31. The summed E-state index contributed by atoms with van der Waals surface area (Å²) in [6.07, 6.45) is 0. The maximum Gasteiger partial charge on any atom is 0.309 e. The van der Waals surface area contributed by atoms with E-state index in [1.54, 1.807) is 0 Å². The molecule has 2 N–H and O–H groups in total. The van der Waals surface area contributed by atoms with E-state index in [1.807, 2.05) is 12.1 Å². The van der Waals surface area contributed by atoms with Crippen molar-refractivity contribution in [3.05, 3.63) is 23.3 Å². The molecular weight excluding hydrogens is 284 g/mol. The zero-order valence-corrected chi connectivity index (χ0v) is 12.8. The monoisotopic (exact) mass is 306 g/mol. The molecule has 0 bridgehead atoms. The standard InChI is InChI=1S/C16H22N2O4/c1-11-6-14-15(22-5-4-21-14)7-12(11)9-18-3-2-17-8-13(10-18)16(19)20/h6-7,13,17H,2-5,8-10H2,1H3,(H,19,20)/t13-/m0/s1. The van der Waals surface area contributed by atoms with Crippen molar-refractivity contribution >= 4 is 5.97 Å². The minimum atomic E-state index is -0.738. The van der Waals surface area contributed by atoms with E-state index >= 15 is 0 Å². The number of ether oxygens (including phenoxy) is 2. The van der Waals surface area contributed by atoms with Crippen LogP contribution in [0.2, 0.25) is 0 Å². The van der Waals surface area contributed by atoms with Gasteiger partial charge >= 0.3 is 5.97 Å². The second-order valence-corrected chi connectivity index (χ2v) is 5.90. The second-order valence-electron chi connectivity index (χ2n) is 5.90. The SMILES string of the molecule is Cc1cc2c(cc1CN1CCNC[C@H](C(=O)O)C1)OCCO2. The van der Waals surface area contributed by atoms with Gasteiger partial charge in [0.15, 0.2) is 11.5 Å². The Morgan fingerprint density at radius 3 is 2.82 bits per heavy atom. The largest absolute Gasteiger partial charge is 0.486 e. The smallest absolute Gasteiger partial charge is 0.309 e. The number of carbonyl (C=O) groups is 1. The number of nitrogens with one attached hydrogen (secondary N) is 1. The Kier molecular flexibility index (Phi) is 4.49.